The summed E-state index contributed by atoms with van der Waals surface area (Å²) in [6, 6.07) is 0. The van der Waals surface area contributed by atoms with Gasteiger partial charge in [0.2, 0.25) is 0 Å². The molecule has 1 rings (SSSR count). The monoisotopic (exact) mass is 253 g/mol. The normalized spacial score (nSPS) is 10.5. The lowest BCUT2D eigenvalue weighted by Gasteiger charge is -2.07. The maximum Gasteiger partial charge on any atom is 0.268 e. The van der Waals surface area contributed by atoms with E-state index in [0.717, 1.165) is 6.20 Å². The first-order chi connectivity index (χ1) is 6.07. The molecular formula is C7H6BrF2NO2. The van der Waals surface area contributed by atoms with Crippen LogP contribution in [0.25, 0.3) is 0 Å². The Hall–Kier alpha value is -0.910. The Balaban J connectivity index is 3.41. The van der Waals surface area contributed by atoms with Gasteiger partial charge in [-0.2, -0.15) is 0 Å². The average Bonchev–Trinajstić information content (AvgIpc) is 2.08. The van der Waals surface area contributed by atoms with E-state index < -0.39 is 17.5 Å². The molecule has 0 spiro atoms. The standard InChI is InChI=1S/C7H6BrF2NO2/c1-13-3-2-11-7(12)5(8)4(3)6(9)10/h2,6H,1H3,(H,11,12). The molecule has 1 aromatic heterocycles. The van der Waals surface area contributed by atoms with Gasteiger partial charge < -0.3 is 9.72 Å². The number of hydrogen-bond acceptors (Lipinski definition) is 2. The van der Waals surface area contributed by atoms with E-state index in [-0.39, 0.29) is 10.2 Å². The summed E-state index contributed by atoms with van der Waals surface area (Å²) in [4.78, 5) is 13.2. The van der Waals surface area contributed by atoms with E-state index in [0.29, 0.717) is 0 Å². The van der Waals surface area contributed by atoms with Gasteiger partial charge in [-0.1, -0.05) is 0 Å². The molecular weight excluding hydrogens is 248 g/mol. The van der Waals surface area contributed by atoms with Crippen molar-refractivity contribution in [2.24, 2.45) is 0 Å². The molecule has 13 heavy (non-hydrogen) atoms. The van der Waals surface area contributed by atoms with E-state index in [1.807, 2.05) is 0 Å². The van der Waals surface area contributed by atoms with Crippen LogP contribution < -0.4 is 10.3 Å². The van der Waals surface area contributed by atoms with Crippen molar-refractivity contribution in [3.8, 4) is 5.75 Å². The Bertz CT molecular complexity index is 364. The molecule has 1 N–H and O–H groups in total. The van der Waals surface area contributed by atoms with Crippen LogP contribution in [0.3, 0.4) is 0 Å². The third-order valence-electron chi connectivity index (χ3n) is 1.47. The predicted molar refractivity (Wildman–Crippen MR) is 46.3 cm³/mol. The average molecular weight is 254 g/mol. The topological polar surface area (TPSA) is 42.1 Å². The summed E-state index contributed by atoms with van der Waals surface area (Å²) in [6.45, 7) is 0. The lowest BCUT2D eigenvalue weighted by atomic mass is 10.2. The van der Waals surface area contributed by atoms with E-state index >= 15 is 0 Å². The highest BCUT2D eigenvalue weighted by Gasteiger charge is 2.19. The molecule has 0 aliphatic carbocycles. The number of methoxy groups -OCH3 is 1. The molecule has 6 heteroatoms. The van der Waals surface area contributed by atoms with Crippen molar-refractivity contribution in [1.29, 1.82) is 0 Å². The lowest BCUT2D eigenvalue weighted by Crippen LogP contribution is -2.10. The SMILES string of the molecule is COc1c[nH]c(=O)c(Br)c1C(F)F. The summed E-state index contributed by atoms with van der Waals surface area (Å²) in [5.41, 5.74) is -1.03. The van der Waals surface area contributed by atoms with Gasteiger partial charge in [-0.3, -0.25) is 4.79 Å². The minimum Gasteiger partial charge on any atom is -0.495 e. The van der Waals surface area contributed by atoms with Gasteiger partial charge in [-0.05, 0) is 15.9 Å². The van der Waals surface area contributed by atoms with Crippen LogP contribution in [-0.2, 0) is 0 Å². The number of hydrogen-bond donors (Lipinski definition) is 1. The summed E-state index contributed by atoms with van der Waals surface area (Å²) in [7, 11) is 1.26. The summed E-state index contributed by atoms with van der Waals surface area (Å²) >= 11 is 2.77. The van der Waals surface area contributed by atoms with Crippen LogP contribution in [0.5, 0.6) is 5.75 Å². The van der Waals surface area contributed by atoms with Crippen molar-refractivity contribution in [3.63, 3.8) is 0 Å². The van der Waals surface area contributed by atoms with Crippen LogP contribution >= 0.6 is 15.9 Å². The highest BCUT2D eigenvalue weighted by atomic mass is 79.9. The van der Waals surface area contributed by atoms with Crippen molar-refractivity contribution in [2.45, 2.75) is 6.43 Å². The molecule has 1 heterocycles. The fourth-order valence-electron chi connectivity index (χ4n) is 0.875. The first-order valence-corrected chi connectivity index (χ1v) is 4.10. The molecule has 0 saturated heterocycles. The maximum atomic E-state index is 12.4. The highest BCUT2D eigenvalue weighted by Crippen LogP contribution is 2.32. The molecule has 0 aromatic carbocycles. The minimum absolute atomic E-state index is 0.0403. The number of nitrogens with one attached hydrogen (secondary N) is 1. The zero-order chi connectivity index (χ0) is 10.0. The van der Waals surface area contributed by atoms with Crippen LogP contribution in [-0.4, -0.2) is 12.1 Å². The molecule has 72 valence electrons. The second-order valence-electron chi connectivity index (χ2n) is 2.21. The van der Waals surface area contributed by atoms with Crippen LogP contribution in [0, 0.1) is 0 Å². The molecule has 0 aliphatic rings. The number of rotatable bonds is 2. The number of aromatic nitrogens is 1. The molecule has 0 amide bonds. The Morgan fingerprint density at radius 2 is 2.23 bits per heavy atom. The summed E-state index contributed by atoms with van der Waals surface area (Å²) in [5, 5.41) is 0. The summed E-state index contributed by atoms with van der Waals surface area (Å²) in [6.07, 6.45) is -1.64. The molecule has 0 fully saturated rings. The van der Waals surface area contributed by atoms with Gasteiger partial charge in [-0.15, -0.1) is 0 Å². The first kappa shape index (κ1) is 10.2. The Morgan fingerprint density at radius 3 is 2.69 bits per heavy atom. The Morgan fingerprint density at radius 1 is 1.62 bits per heavy atom. The number of ether oxygens (including phenoxy) is 1. The van der Waals surface area contributed by atoms with Crippen LogP contribution in [0.4, 0.5) is 8.78 Å². The summed E-state index contributed by atoms with van der Waals surface area (Å²) in [5.74, 6) is -0.0403. The Labute approximate surface area is 80.9 Å². The Kier molecular flexibility index (Phi) is 3.02. The van der Waals surface area contributed by atoms with Crippen molar-refractivity contribution in [1.82, 2.24) is 4.98 Å². The third-order valence-corrected chi connectivity index (χ3v) is 2.26. The molecule has 0 bridgehead atoms. The zero-order valence-corrected chi connectivity index (χ0v) is 8.19. The van der Waals surface area contributed by atoms with Gasteiger partial charge in [0.15, 0.2) is 0 Å². The smallest absolute Gasteiger partial charge is 0.268 e. The van der Waals surface area contributed by atoms with Crippen LogP contribution in [0.15, 0.2) is 15.5 Å². The highest BCUT2D eigenvalue weighted by molar-refractivity contribution is 9.10. The fourth-order valence-corrected chi connectivity index (χ4v) is 1.36. The van der Waals surface area contributed by atoms with Gasteiger partial charge in [0.1, 0.15) is 5.75 Å². The van der Waals surface area contributed by atoms with Gasteiger partial charge >= 0.3 is 0 Å². The van der Waals surface area contributed by atoms with Crippen molar-refractivity contribution < 1.29 is 13.5 Å². The number of aromatic amines is 1. The fraction of sp³-hybridized carbons (Fsp3) is 0.286. The summed E-state index contributed by atoms with van der Waals surface area (Å²) < 4.78 is 29.3. The van der Waals surface area contributed by atoms with Crippen molar-refractivity contribution in [3.05, 3.63) is 26.6 Å². The van der Waals surface area contributed by atoms with Crippen molar-refractivity contribution >= 4 is 15.9 Å². The molecule has 0 aliphatic heterocycles. The number of halogens is 3. The number of alkyl halides is 2. The number of pyridine rings is 1. The van der Waals surface area contributed by atoms with Crippen LogP contribution in [0.2, 0.25) is 0 Å². The molecule has 1 aromatic rings. The molecule has 3 nitrogen and oxygen atoms in total. The van der Waals surface area contributed by atoms with Crippen molar-refractivity contribution in [2.75, 3.05) is 7.11 Å². The largest absolute Gasteiger partial charge is 0.495 e. The number of H-pyrrole nitrogens is 1. The van der Waals surface area contributed by atoms with Gasteiger partial charge in [0.25, 0.3) is 12.0 Å². The van der Waals surface area contributed by atoms with E-state index in [1.54, 1.807) is 0 Å². The van der Waals surface area contributed by atoms with Gasteiger partial charge in [-0.25, -0.2) is 8.78 Å². The molecule has 0 atom stereocenters. The van der Waals surface area contributed by atoms with Crippen LogP contribution in [0.1, 0.15) is 12.0 Å². The van der Waals surface area contributed by atoms with E-state index in [4.69, 9.17) is 0 Å². The molecule has 0 saturated carbocycles. The van der Waals surface area contributed by atoms with Gasteiger partial charge in [0.05, 0.1) is 17.1 Å². The maximum absolute atomic E-state index is 12.4. The van der Waals surface area contributed by atoms with Gasteiger partial charge in [0, 0.05) is 6.20 Å². The minimum atomic E-state index is -2.74. The second-order valence-corrected chi connectivity index (χ2v) is 3.01. The molecule has 0 unspecified atom stereocenters. The van der Waals surface area contributed by atoms with E-state index in [9.17, 15) is 13.6 Å². The van der Waals surface area contributed by atoms with E-state index in [2.05, 4.69) is 25.7 Å². The third kappa shape index (κ3) is 1.88. The predicted octanol–water partition coefficient (Wildman–Crippen LogP) is 2.08. The lowest BCUT2D eigenvalue weighted by molar-refractivity contribution is 0.146. The van der Waals surface area contributed by atoms with E-state index in [1.165, 1.54) is 7.11 Å². The zero-order valence-electron chi connectivity index (χ0n) is 6.61. The second kappa shape index (κ2) is 3.87. The quantitative estimate of drug-likeness (QED) is 0.877. The first-order valence-electron chi connectivity index (χ1n) is 3.31. The molecule has 0 radical (unpaired) electrons.